The highest BCUT2D eigenvalue weighted by molar-refractivity contribution is 7.89. The second-order valence-electron chi connectivity index (χ2n) is 9.70. The van der Waals surface area contributed by atoms with E-state index in [-0.39, 0.29) is 24.5 Å². The first-order valence-corrected chi connectivity index (χ1v) is 15.7. The zero-order chi connectivity index (χ0) is 29.4. The number of carbonyl (C=O) groups is 1. The van der Waals surface area contributed by atoms with E-state index in [2.05, 4.69) is 27.4 Å². The highest BCUT2D eigenvalue weighted by Crippen LogP contribution is 2.25. The molecule has 214 valence electrons. The Kier molecular flexibility index (Phi) is 9.38. The lowest BCUT2D eigenvalue weighted by Crippen LogP contribution is -2.30. The van der Waals surface area contributed by atoms with Crippen molar-refractivity contribution in [1.29, 1.82) is 0 Å². The second kappa shape index (κ2) is 13.5. The van der Waals surface area contributed by atoms with Crippen molar-refractivity contribution in [2.24, 2.45) is 0 Å². The Morgan fingerprint density at radius 1 is 0.810 bits per heavy atom. The van der Waals surface area contributed by atoms with Crippen LogP contribution in [0, 0.1) is 0 Å². The van der Waals surface area contributed by atoms with Gasteiger partial charge in [-0.15, -0.1) is 11.3 Å². The third-order valence-electron chi connectivity index (χ3n) is 6.66. The molecule has 0 aliphatic heterocycles. The maximum atomic E-state index is 14.0. The number of thiazole rings is 1. The third kappa shape index (κ3) is 7.67. The van der Waals surface area contributed by atoms with Crippen LogP contribution in [-0.4, -0.2) is 40.3 Å². The molecule has 2 aromatic heterocycles. The van der Waals surface area contributed by atoms with Gasteiger partial charge in [0.25, 0.3) is 0 Å². The monoisotopic (exact) mass is 598 g/mol. The normalized spacial score (nSPS) is 11.5. The summed E-state index contributed by atoms with van der Waals surface area (Å²) in [5.41, 5.74) is 4.56. The number of sulfonamides is 1. The molecule has 0 aliphatic carbocycles. The summed E-state index contributed by atoms with van der Waals surface area (Å²) in [6.45, 7) is -0.153. The number of hydrogen-bond donors (Lipinski definition) is 2. The van der Waals surface area contributed by atoms with Gasteiger partial charge in [0.05, 0.1) is 17.1 Å². The predicted octanol–water partition coefficient (Wildman–Crippen LogP) is 5.88. The van der Waals surface area contributed by atoms with Crippen LogP contribution in [0.3, 0.4) is 0 Å². The van der Waals surface area contributed by atoms with Gasteiger partial charge < -0.3 is 10.4 Å². The van der Waals surface area contributed by atoms with Crippen molar-refractivity contribution >= 4 is 33.1 Å². The number of aryl methyl sites for hydroxylation is 2. The van der Waals surface area contributed by atoms with Crippen molar-refractivity contribution in [2.75, 3.05) is 11.9 Å². The molecule has 42 heavy (non-hydrogen) atoms. The maximum Gasteiger partial charge on any atom is 0.322 e. The Bertz CT molecular complexity index is 1710. The first kappa shape index (κ1) is 29.1. The first-order chi connectivity index (χ1) is 20.4. The minimum atomic E-state index is -3.90. The Balaban J connectivity index is 1.38. The smallest absolute Gasteiger partial charge is 0.322 e. The molecule has 0 amide bonds. The topological polar surface area (TPSA) is 112 Å². The fraction of sp³-hybridized carbons (Fsp3) is 0.156. The summed E-state index contributed by atoms with van der Waals surface area (Å²) in [4.78, 5) is 20.0. The second-order valence-corrected chi connectivity index (χ2v) is 12.5. The first-order valence-electron chi connectivity index (χ1n) is 13.4. The summed E-state index contributed by atoms with van der Waals surface area (Å²) in [6.07, 6.45) is 3.43. The average molecular weight is 599 g/mol. The molecule has 0 spiro atoms. The number of benzene rings is 3. The molecule has 2 N–H and O–H groups in total. The molecular formula is C32H30N4O4S2. The Hall–Kier alpha value is -4.38. The molecule has 0 fully saturated rings. The van der Waals surface area contributed by atoms with Gasteiger partial charge in [-0.1, -0.05) is 72.8 Å². The SMILES string of the molecule is O=C(O)CNc1cccc(CN(Cc2ccc(-c3nccs3)cc2)S(=O)(=O)c2ccc(CCc3ccccc3)cc2)n1. The van der Waals surface area contributed by atoms with Gasteiger partial charge in [-0.05, 0) is 53.8 Å². The Morgan fingerprint density at radius 2 is 1.50 bits per heavy atom. The summed E-state index contributed by atoms with van der Waals surface area (Å²) in [7, 11) is -3.90. The van der Waals surface area contributed by atoms with Crippen LogP contribution < -0.4 is 5.32 Å². The Morgan fingerprint density at radius 3 is 2.17 bits per heavy atom. The Labute approximate surface area is 249 Å². The van der Waals surface area contributed by atoms with Crippen LogP contribution >= 0.6 is 11.3 Å². The van der Waals surface area contributed by atoms with Crippen molar-refractivity contribution in [1.82, 2.24) is 14.3 Å². The zero-order valence-electron chi connectivity index (χ0n) is 22.8. The molecule has 0 saturated heterocycles. The molecule has 5 rings (SSSR count). The van der Waals surface area contributed by atoms with E-state index in [0.717, 1.165) is 34.5 Å². The number of anilines is 1. The minimum absolute atomic E-state index is 0.00884. The molecular weight excluding hydrogens is 569 g/mol. The fourth-order valence-electron chi connectivity index (χ4n) is 4.47. The number of nitrogens with zero attached hydrogens (tertiary/aromatic N) is 3. The van der Waals surface area contributed by atoms with Crippen molar-refractivity contribution in [3.8, 4) is 10.6 Å². The number of rotatable bonds is 13. The van der Waals surface area contributed by atoms with Gasteiger partial charge >= 0.3 is 5.97 Å². The van der Waals surface area contributed by atoms with E-state index in [9.17, 15) is 13.2 Å². The summed E-state index contributed by atoms with van der Waals surface area (Å²) >= 11 is 1.54. The molecule has 0 atom stereocenters. The largest absolute Gasteiger partial charge is 0.480 e. The molecule has 2 heterocycles. The van der Waals surface area contributed by atoms with Crippen LogP contribution in [0.2, 0.25) is 0 Å². The lowest BCUT2D eigenvalue weighted by atomic mass is 10.0. The van der Waals surface area contributed by atoms with Gasteiger partial charge in [0.15, 0.2) is 0 Å². The number of aromatic nitrogens is 2. The van der Waals surface area contributed by atoms with Crippen molar-refractivity contribution in [2.45, 2.75) is 30.8 Å². The van der Waals surface area contributed by atoms with Crippen molar-refractivity contribution in [3.63, 3.8) is 0 Å². The maximum absolute atomic E-state index is 14.0. The third-order valence-corrected chi connectivity index (χ3v) is 9.29. The highest BCUT2D eigenvalue weighted by atomic mass is 32.2. The van der Waals surface area contributed by atoms with E-state index in [1.165, 1.54) is 9.87 Å². The minimum Gasteiger partial charge on any atom is -0.480 e. The zero-order valence-corrected chi connectivity index (χ0v) is 24.4. The number of hydrogen-bond acceptors (Lipinski definition) is 7. The van der Waals surface area contributed by atoms with Gasteiger partial charge in [-0.25, -0.2) is 18.4 Å². The molecule has 0 unspecified atom stereocenters. The van der Waals surface area contributed by atoms with E-state index in [1.807, 2.05) is 60.0 Å². The number of nitrogens with one attached hydrogen (secondary N) is 1. The van der Waals surface area contributed by atoms with Crippen LogP contribution in [0.5, 0.6) is 0 Å². The summed E-state index contributed by atoms with van der Waals surface area (Å²) < 4.78 is 29.4. The standard InChI is InChI=1S/C32H30N4O4S2/c37-31(38)21-34-30-8-4-7-28(35-30)23-36(22-26-11-15-27(16-12-26)32-33-19-20-41-32)42(39,40)29-17-13-25(14-18-29)10-9-24-5-2-1-3-6-24/h1-8,11-20H,9-10,21-23H2,(H,34,35)(H,37,38). The molecule has 10 heteroatoms. The summed E-state index contributed by atoms with van der Waals surface area (Å²) in [5, 5.41) is 14.6. The molecule has 3 aromatic carbocycles. The van der Waals surface area contributed by atoms with Crippen LogP contribution in [0.15, 0.2) is 114 Å². The molecule has 0 bridgehead atoms. The summed E-state index contributed by atoms with van der Waals surface area (Å²) in [5.74, 6) is -0.650. The number of carboxylic acids is 1. The lowest BCUT2D eigenvalue weighted by molar-refractivity contribution is -0.134. The van der Waals surface area contributed by atoms with Crippen molar-refractivity contribution in [3.05, 3.63) is 131 Å². The molecule has 0 radical (unpaired) electrons. The van der Waals surface area contributed by atoms with Gasteiger partial charge in [0, 0.05) is 23.7 Å². The molecule has 0 saturated carbocycles. The van der Waals surface area contributed by atoms with E-state index < -0.39 is 16.0 Å². The van der Waals surface area contributed by atoms with E-state index in [0.29, 0.717) is 11.5 Å². The fourth-order valence-corrected chi connectivity index (χ4v) is 6.52. The number of aliphatic carboxylic acids is 1. The van der Waals surface area contributed by atoms with E-state index in [1.54, 1.807) is 47.9 Å². The van der Waals surface area contributed by atoms with Gasteiger partial charge in [0.2, 0.25) is 10.0 Å². The number of pyridine rings is 1. The van der Waals surface area contributed by atoms with Crippen LogP contribution in [0.1, 0.15) is 22.4 Å². The van der Waals surface area contributed by atoms with Gasteiger partial charge in [-0.3, -0.25) is 4.79 Å². The van der Waals surface area contributed by atoms with Crippen LogP contribution in [0.25, 0.3) is 10.6 Å². The predicted molar refractivity (Wildman–Crippen MR) is 165 cm³/mol. The van der Waals surface area contributed by atoms with Gasteiger partial charge in [-0.2, -0.15) is 4.31 Å². The van der Waals surface area contributed by atoms with Crippen LogP contribution in [-0.2, 0) is 40.7 Å². The van der Waals surface area contributed by atoms with Gasteiger partial charge in [0.1, 0.15) is 17.4 Å². The van der Waals surface area contributed by atoms with E-state index >= 15 is 0 Å². The van der Waals surface area contributed by atoms with Crippen molar-refractivity contribution < 1.29 is 18.3 Å². The van der Waals surface area contributed by atoms with Crippen LogP contribution in [0.4, 0.5) is 5.82 Å². The quantitative estimate of drug-likeness (QED) is 0.174. The molecule has 5 aromatic rings. The number of carboxylic acid groups (broad SMARTS) is 1. The average Bonchev–Trinajstić information content (AvgIpc) is 3.55. The summed E-state index contributed by atoms with van der Waals surface area (Å²) in [6, 6.07) is 30.0. The lowest BCUT2D eigenvalue weighted by Gasteiger charge is -2.23. The molecule has 8 nitrogen and oxygen atoms in total. The van der Waals surface area contributed by atoms with E-state index in [4.69, 9.17) is 5.11 Å². The highest BCUT2D eigenvalue weighted by Gasteiger charge is 2.26. The molecule has 0 aliphatic rings.